The molecule has 2 N–H and O–H groups in total. The van der Waals surface area contributed by atoms with Crippen LogP contribution in [0.15, 0.2) is 30.3 Å². The zero-order valence-electron chi connectivity index (χ0n) is 11.0. The molecule has 1 unspecified atom stereocenters. The molecule has 1 aliphatic carbocycles. The van der Waals surface area contributed by atoms with E-state index in [1.807, 2.05) is 0 Å². The number of para-hydroxylation sites is 1. The lowest BCUT2D eigenvalue weighted by molar-refractivity contribution is -0.139. The summed E-state index contributed by atoms with van der Waals surface area (Å²) in [7, 11) is 0. The van der Waals surface area contributed by atoms with E-state index < -0.39 is 17.9 Å². The fraction of sp³-hybridized carbons (Fsp3) is 0.267. The van der Waals surface area contributed by atoms with Crippen LogP contribution in [0.25, 0.3) is 10.9 Å². The minimum atomic E-state index is -1.00. The van der Waals surface area contributed by atoms with Crippen LogP contribution in [0.1, 0.15) is 23.2 Å². The predicted molar refractivity (Wildman–Crippen MR) is 78.4 cm³/mol. The Balaban J connectivity index is 1.95. The maximum absolute atomic E-state index is 12.4. The summed E-state index contributed by atoms with van der Waals surface area (Å²) in [5, 5.41) is 12.6. The number of carbonyl (C=O) groups is 2. The maximum atomic E-state index is 12.4. The number of rotatable bonds is 4. The average molecular weight is 305 g/mol. The van der Waals surface area contributed by atoms with Crippen molar-refractivity contribution in [2.24, 2.45) is 5.92 Å². The second-order valence-corrected chi connectivity index (χ2v) is 5.52. The van der Waals surface area contributed by atoms with Crippen LogP contribution in [-0.2, 0) is 4.79 Å². The highest BCUT2D eigenvalue weighted by atomic mass is 35.5. The lowest BCUT2D eigenvalue weighted by atomic mass is 10.1. The van der Waals surface area contributed by atoms with Crippen molar-refractivity contribution in [2.75, 3.05) is 0 Å². The van der Waals surface area contributed by atoms with Crippen LogP contribution in [0.3, 0.4) is 0 Å². The smallest absolute Gasteiger partial charge is 0.326 e. The number of nitrogens with one attached hydrogen (secondary N) is 1. The molecule has 1 fully saturated rings. The highest BCUT2D eigenvalue weighted by molar-refractivity contribution is 6.30. The lowest BCUT2D eigenvalue weighted by Crippen LogP contribution is -2.42. The molecule has 1 aromatic carbocycles. The molecular formula is C15H13ClN2O3. The number of amides is 1. The average Bonchev–Trinajstić information content (AvgIpc) is 3.27. The molecule has 21 heavy (non-hydrogen) atoms. The molecule has 1 aliphatic rings. The first-order valence-corrected chi connectivity index (χ1v) is 7.03. The van der Waals surface area contributed by atoms with Crippen molar-refractivity contribution in [3.63, 3.8) is 0 Å². The van der Waals surface area contributed by atoms with E-state index in [0.717, 1.165) is 12.8 Å². The summed E-state index contributed by atoms with van der Waals surface area (Å²) in [5.74, 6) is -1.42. The molecule has 0 bridgehead atoms. The van der Waals surface area contributed by atoms with Crippen molar-refractivity contribution in [1.29, 1.82) is 0 Å². The van der Waals surface area contributed by atoms with Gasteiger partial charge in [0.15, 0.2) is 0 Å². The minimum absolute atomic E-state index is 0.0232. The van der Waals surface area contributed by atoms with E-state index in [-0.39, 0.29) is 11.1 Å². The molecule has 108 valence electrons. The number of carboxylic acid groups (broad SMARTS) is 1. The summed E-state index contributed by atoms with van der Waals surface area (Å²) < 4.78 is 0. The van der Waals surface area contributed by atoms with E-state index in [1.54, 1.807) is 24.3 Å². The summed E-state index contributed by atoms with van der Waals surface area (Å²) in [6, 6.07) is 7.74. The summed E-state index contributed by atoms with van der Waals surface area (Å²) in [4.78, 5) is 27.8. The van der Waals surface area contributed by atoms with E-state index in [1.165, 1.54) is 6.07 Å². The van der Waals surface area contributed by atoms with Crippen LogP contribution in [0.4, 0.5) is 0 Å². The van der Waals surface area contributed by atoms with Gasteiger partial charge in [-0.2, -0.15) is 0 Å². The number of fused-ring (bicyclic) bond motifs is 1. The van der Waals surface area contributed by atoms with Crippen molar-refractivity contribution in [3.05, 3.63) is 41.0 Å². The monoisotopic (exact) mass is 304 g/mol. The van der Waals surface area contributed by atoms with Gasteiger partial charge in [0.2, 0.25) is 0 Å². The van der Waals surface area contributed by atoms with E-state index in [4.69, 9.17) is 11.6 Å². The maximum Gasteiger partial charge on any atom is 0.326 e. The third-order valence-corrected chi connectivity index (χ3v) is 3.77. The number of hydrogen-bond donors (Lipinski definition) is 2. The summed E-state index contributed by atoms with van der Waals surface area (Å²) in [5.41, 5.74) is 0.950. The van der Waals surface area contributed by atoms with Gasteiger partial charge in [-0.15, -0.1) is 0 Å². The standard InChI is InChI=1S/C15H13ClN2O3/c16-12-7-10(9-3-1-2-4-11(9)17-12)14(19)18-13(15(20)21)8-5-6-8/h1-4,7-8,13H,5-6H2,(H,18,19)(H,20,21). The Morgan fingerprint density at radius 2 is 2.05 bits per heavy atom. The number of halogens is 1. The third kappa shape index (κ3) is 2.83. The quantitative estimate of drug-likeness (QED) is 0.851. The Morgan fingerprint density at radius 3 is 2.71 bits per heavy atom. The Labute approximate surface area is 125 Å². The number of pyridine rings is 1. The van der Waals surface area contributed by atoms with Gasteiger partial charge in [-0.1, -0.05) is 29.8 Å². The van der Waals surface area contributed by atoms with Crippen molar-refractivity contribution >= 4 is 34.4 Å². The molecule has 1 amide bonds. The molecule has 1 aromatic heterocycles. The second kappa shape index (κ2) is 5.33. The van der Waals surface area contributed by atoms with E-state index in [2.05, 4.69) is 10.3 Å². The van der Waals surface area contributed by atoms with Crippen LogP contribution >= 0.6 is 11.6 Å². The number of carboxylic acids is 1. The van der Waals surface area contributed by atoms with E-state index in [0.29, 0.717) is 16.5 Å². The Bertz CT molecular complexity index is 728. The van der Waals surface area contributed by atoms with Crippen molar-refractivity contribution < 1.29 is 14.7 Å². The highest BCUT2D eigenvalue weighted by Crippen LogP contribution is 2.33. The molecule has 0 aliphatic heterocycles. The van der Waals surface area contributed by atoms with Crippen molar-refractivity contribution in [2.45, 2.75) is 18.9 Å². The third-order valence-electron chi connectivity index (χ3n) is 3.58. The number of carbonyl (C=O) groups excluding carboxylic acids is 1. The molecule has 0 saturated heterocycles. The topological polar surface area (TPSA) is 79.3 Å². The van der Waals surface area contributed by atoms with E-state index >= 15 is 0 Å². The second-order valence-electron chi connectivity index (χ2n) is 5.14. The number of aliphatic carboxylic acids is 1. The van der Waals surface area contributed by atoms with Crippen LogP contribution in [0, 0.1) is 5.92 Å². The largest absolute Gasteiger partial charge is 0.480 e. The zero-order chi connectivity index (χ0) is 15.0. The zero-order valence-corrected chi connectivity index (χ0v) is 11.8. The first-order chi connectivity index (χ1) is 10.1. The van der Waals surface area contributed by atoms with Gasteiger partial charge >= 0.3 is 5.97 Å². The molecule has 1 heterocycles. The molecule has 5 nitrogen and oxygen atoms in total. The van der Waals surface area contributed by atoms with Gasteiger partial charge in [-0.3, -0.25) is 4.79 Å². The number of hydrogen-bond acceptors (Lipinski definition) is 3. The molecule has 0 radical (unpaired) electrons. The molecule has 6 heteroatoms. The van der Waals surface area contributed by atoms with Crippen LogP contribution in [0.5, 0.6) is 0 Å². The first kappa shape index (κ1) is 13.8. The fourth-order valence-corrected chi connectivity index (χ4v) is 2.56. The van der Waals surface area contributed by atoms with Crippen molar-refractivity contribution in [1.82, 2.24) is 10.3 Å². The van der Waals surface area contributed by atoms with Gasteiger partial charge in [0.25, 0.3) is 5.91 Å². The molecule has 3 rings (SSSR count). The Hall–Kier alpha value is -2.14. The summed E-state index contributed by atoms with van der Waals surface area (Å²) in [6.07, 6.45) is 1.66. The molecule has 0 spiro atoms. The molecular weight excluding hydrogens is 292 g/mol. The number of nitrogens with zero attached hydrogens (tertiary/aromatic N) is 1. The molecule has 1 atom stereocenters. The van der Waals surface area contributed by atoms with Crippen LogP contribution in [-0.4, -0.2) is 28.0 Å². The van der Waals surface area contributed by atoms with Crippen LogP contribution in [0.2, 0.25) is 5.15 Å². The Morgan fingerprint density at radius 1 is 1.33 bits per heavy atom. The van der Waals surface area contributed by atoms with Crippen LogP contribution < -0.4 is 5.32 Å². The van der Waals surface area contributed by atoms with Gasteiger partial charge < -0.3 is 10.4 Å². The first-order valence-electron chi connectivity index (χ1n) is 6.65. The fourth-order valence-electron chi connectivity index (χ4n) is 2.36. The number of aromatic nitrogens is 1. The lowest BCUT2D eigenvalue weighted by Gasteiger charge is -2.14. The Kier molecular flexibility index (Phi) is 3.51. The van der Waals surface area contributed by atoms with Gasteiger partial charge in [0.05, 0.1) is 11.1 Å². The molecule has 1 saturated carbocycles. The minimum Gasteiger partial charge on any atom is -0.480 e. The normalized spacial score (nSPS) is 15.7. The van der Waals surface area contributed by atoms with E-state index in [9.17, 15) is 14.7 Å². The van der Waals surface area contributed by atoms with Gasteiger partial charge in [-0.25, -0.2) is 9.78 Å². The number of benzene rings is 1. The van der Waals surface area contributed by atoms with Crippen molar-refractivity contribution in [3.8, 4) is 0 Å². The van der Waals surface area contributed by atoms with Gasteiger partial charge in [0, 0.05) is 5.39 Å². The van der Waals surface area contributed by atoms with Gasteiger partial charge in [0.1, 0.15) is 11.2 Å². The SMILES string of the molecule is O=C(NC(C(=O)O)C1CC1)c1cc(Cl)nc2ccccc12. The summed E-state index contributed by atoms with van der Waals surface area (Å²) >= 11 is 5.93. The highest BCUT2D eigenvalue weighted by Gasteiger charge is 2.37. The molecule has 2 aromatic rings. The van der Waals surface area contributed by atoms with Gasteiger partial charge in [-0.05, 0) is 30.9 Å². The predicted octanol–water partition coefficient (Wildman–Crippen LogP) is 2.48. The summed E-state index contributed by atoms with van der Waals surface area (Å²) in [6.45, 7) is 0.